The summed E-state index contributed by atoms with van der Waals surface area (Å²) in [6, 6.07) is 16.7. The molecule has 0 fully saturated rings. The van der Waals surface area contributed by atoms with Crippen molar-refractivity contribution in [3.8, 4) is 11.5 Å². The lowest BCUT2D eigenvalue weighted by Gasteiger charge is -2.13. The molecule has 3 rings (SSSR count). The van der Waals surface area contributed by atoms with Crippen LogP contribution in [-0.4, -0.2) is 24.2 Å². The Balaban J connectivity index is 1.69. The van der Waals surface area contributed by atoms with Crippen molar-refractivity contribution in [3.05, 3.63) is 88.2 Å². The molecule has 0 aliphatic carbocycles. The van der Waals surface area contributed by atoms with Crippen LogP contribution in [0.25, 0.3) is 0 Å². The molecule has 1 amide bonds. The van der Waals surface area contributed by atoms with E-state index in [0.29, 0.717) is 23.7 Å². The number of hydrazone groups is 1. The molecule has 6 nitrogen and oxygen atoms in total. The fourth-order valence-corrected chi connectivity index (χ4v) is 2.99. The van der Waals surface area contributed by atoms with Crippen molar-refractivity contribution in [2.45, 2.75) is 6.61 Å². The standard InChI is InChI=1S/C21H18BrN3O3/c1-27-19-12-16(13-24-25-21(26)17-7-9-23-10-8-17)11-18(22)20(19)28-14-15-5-3-2-4-6-15/h2-13H,14H2,1H3,(H,25,26)/b24-13+. The highest BCUT2D eigenvalue weighted by atomic mass is 79.9. The summed E-state index contributed by atoms with van der Waals surface area (Å²) in [6.07, 6.45) is 4.64. The van der Waals surface area contributed by atoms with E-state index in [-0.39, 0.29) is 5.91 Å². The second-order valence-electron chi connectivity index (χ2n) is 5.74. The first-order valence-corrected chi connectivity index (χ1v) is 9.24. The summed E-state index contributed by atoms with van der Waals surface area (Å²) >= 11 is 3.51. The number of halogens is 1. The minimum Gasteiger partial charge on any atom is -0.493 e. The molecule has 0 spiro atoms. The molecular weight excluding hydrogens is 422 g/mol. The fraction of sp³-hybridized carbons (Fsp3) is 0.0952. The molecule has 0 unspecified atom stereocenters. The van der Waals surface area contributed by atoms with Gasteiger partial charge in [-0.3, -0.25) is 9.78 Å². The van der Waals surface area contributed by atoms with E-state index in [2.05, 4.69) is 31.4 Å². The molecule has 7 heteroatoms. The van der Waals surface area contributed by atoms with Crippen LogP contribution in [0.3, 0.4) is 0 Å². The molecule has 0 atom stereocenters. The summed E-state index contributed by atoms with van der Waals surface area (Å²) in [4.78, 5) is 15.9. The van der Waals surface area contributed by atoms with E-state index in [4.69, 9.17) is 9.47 Å². The summed E-state index contributed by atoms with van der Waals surface area (Å²) in [5.41, 5.74) is 4.76. The van der Waals surface area contributed by atoms with E-state index < -0.39 is 0 Å². The fourth-order valence-electron chi connectivity index (χ4n) is 2.42. The number of carbonyl (C=O) groups excluding carboxylic acids is 1. The quantitative estimate of drug-likeness (QED) is 0.442. The van der Waals surface area contributed by atoms with E-state index >= 15 is 0 Å². The third-order valence-electron chi connectivity index (χ3n) is 3.80. The van der Waals surface area contributed by atoms with Crippen molar-refractivity contribution in [1.29, 1.82) is 0 Å². The lowest BCUT2D eigenvalue weighted by molar-refractivity contribution is 0.0955. The van der Waals surface area contributed by atoms with E-state index in [1.807, 2.05) is 36.4 Å². The Labute approximate surface area is 171 Å². The largest absolute Gasteiger partial charge is 0.493 e. The van der Waals surface area contributed by atoms with Gasteiger partial charge in [0.15, 0.2) is 11.5 Å². The highest BCUT2D eigenvalue weighted by molar-refractivity contribution is 9.10. The van der Waals surface area contributed by atoms with E-state index in [1.54, 1.807) is 37.7 Å². The maximum atomic E-state index is 12.0. The van der Waals surface area contributed by atoms with Crippen LogP contribution in [0.15, 0.2) is 76.6 Å². The molecule has 0 radical (unpaired) electrons. The van der Waals surface area contributed by atoms with Gasteiger partial charge in [0.05, 0.1) is 17.8 Å². The first-order chi connectivity index (χ1) is 13.7. The molecule has 1 N–H and O–H groups in total. The van der Waals surface area contributed by atoms with Crippen LogP contribution in [0.2, 0.25) is 0 Å². The van der Waals surface area contributed by atoms with Crippen molar-refractivity contribution in [3.63, 3.8) is 0 Å². The van der Waals surface area contributed by atoms with Gasteiger partial charge in [0.25, 0.3) is 5.91 Å². The van der Waals surface area contributed by atoms with Gasteiger partial charge in [-0.05, 0) is 51.3 Å². The van der Waals surface area contributed by atoms with Crippen LogP contribution < -0.4 is 14.9 Å². The van der Waals surface area contributed by atoms with Crippen molar-refractivity contribution in [2.24, 2.45) is 5.10 Å². The van der Waals surface area contributed by atoms with Gasteiger partial charge in [0.1, 0.15) is 6.61 Å². The zero-order valence-corrected chi connectivity index (χ0v) is 16.7. The second-order valence-corrected chi connectivity index (χ2v) is 6.60. The second kappa shape index (κ2) is 9.66. The van der Waals surface area contributed by atoms with Gasteiger partial charge in [0.2, 0.25) is 0 Å². The lowest BCUT2D eigenvalue weighted by atomic mass is 10.2. The van der Waals surface area contributed by atoms with E-state index in [0.717, 1.165) is 15.6 Å². The third kappa shape index (κ3) is 5.17. The normalized spacial score (nSPS) is 10.6. The number of nitrogens with one attached hydrogen (secondary N) is 1. The first kappa shape index (κ1) is 19.6. The molecule has 0 aliphatic heterocycles. The zero-order valence-electron chi connectivity index (χ0n) is 15.1. The van der Waals surface area contributed by atoms with Crippen molar-refractivity contribution < 1.29 is 14.3 Å². The predicted molar refractivity (Wildman–Crippen MR) is 111 cm³/mol. The van der Waals surface area contributed by atoms with Gasteiger partial charge in [-0.25, -0.2) is 5.43 Å². The van der Waals surface area contributed by atoms with Crippen LogP contribution in [0.1, 0.15) is 21.5 Å². The number of nitrogens with zero attached hydrogens (tertiary/aromatic N) is 2. The minimum atomic E-state index is -0.313. The van der Waals surface area contributed by atoms with Crippen molar-refractivity contribution in [2.75, 3.05) is 7.11 Å². The molecular formula is C21H18BrN3O3. The highest BCUT2D eigenvalue weighted by Crippen LogP contribution is 2.36. The minimum absolute atomic E-state index is 0.313. The van der Waals surface area contributed by atoms with E-state index in [9.17, 15) is 4.79 Å². The molecule has 0 aliphatic rings. The Kier molecular flexibility index (Phi) is 6.75. The first-order valence-electron chi connectivity index (χ1n) is 8.45. The summed E-state index contributed by atoms with van der Waals surface area (Å²) in [7, 11) is 1.57. The number of amides is 1. The van der Waals surface area contributed by atoms with Crippen LogP contribution in [0.4, 0.5) is 0 Å². The third-order valence-corrected chi connectivity index (χ3v) is 4.39. The van der Waals surface area contributed by atoms with Crippen molar-refractivity contribution in [1.82, 2.24) is 10.4 Å². The number of rotatable bonds is 7. The van der Waals surface area contributed by atoms with Crippen LogP contribution in [0.5, 0.6) is 11.5 Å². The molecule has 1 aromatic heterocycles. The number of hydrogen-bond donors (Lipinski definition) is 1. The average molecular weight is 440 g/mol. The molecule has 2 aromatic carbocycles. The Morgan fingerprint density at radius 3 is 2.64 bits per heavy atom. The van der Waals surface area contributed by atoms with E-state index in [1.165, 1.54) is 6.21 Å². The monoisotopic (exact) mass is 439 g/mol. The molecule has 142 valence electrons. The van der Waals surface area contributed by atoms with Gasteiger partial charge in [-0.2, -0.15) is 5.10 Å². The number of aromatic nitrogens is 1. The number of carbonyl (C=O) groups is 1. The van der Waals surface area contributed by atoms with Gasteiger partial charge < -0.3 is 9.47 Å². The Bertz CT molecular complexity index is 963. The molecule has 28 heavy (non-hydrogen) atoms. The summed E-state index contributed by atoms with van der Waals surface area (Å²) < 4.78 is 12.1. The molecule has 3 aromatic rings. The summed E-state index contributed by atoms with van der Waals surface area (Å²) in [6.45, 7) is 0.422. The van der Waals surface area contributed by atoms with Gasteiger partial charge in [0, 0.05) is 18.0 Å². The Morgan fingerprint density at radius 1 is 1.18 bits per heavy atom. The van der Waals surface area contributed by atoms with Gasteiger partial charge in [-0.15, -0.1) is 0 Å². The number of hydrogen-bond acceptors (Lipinski definition) is 5. The summed E-state index contributed by atoms with van der Waals surface area (Å²) in [5, 5.41) is 4.00. The highest BCUT2D eigenvalue weighted by Gasteiger charge is 2.11. The summed E-state index contributed by atoms with van der Waals surface area (Å²) in [5.74, 6) is 0.851. The molecule has 0 saturated heterocycles. The maximum Gasteiger partial charge on any atom is 0.271 e. The van der Waals surface area contributed by atoms with Crippen LogP contribution in [-0.2, 0) is 6.61 Å². The topological polar surface area (TPSA) is 72.8 Å². The number of benzene rings is 2. The number of ether oxygens (including phenoxy) is 2. The van der Waals surface area contributed by atoms with Crippen LogP contribution in [0, 0.1) is 0 Å². The zero-order chi connectivity index (χ0) is 19.8. The Hall–Kier alpha value is -3.19. The van der Waals surface area contributed by atoms with Gasteiger partial charge in [-0.1, -0.05) is 30.3 Å². The Morgan fingerprint density at radius 2 is 1.93 bits per heavy atom. The number of pyridine rings is 1. The molecule has 0 saturated carbocycles. The molecule has 1 heterocycles. The number of methoxy groups -OCH3 is 1. The average Bonchev–Trinajstić information content (AvgIpc) is 2.74. The van der Waals surface area contributed by atoms with Gasteiger partial charge >= 0.3 is 0 Å². The SMILES string of the molecule is COc1cc(/C=N/NC(=O)c2ccncc2)cc(Br)c1OCc1ccccc1. The molecule has 0 bridgehead atoms. The smallest absolute Gasteiger partial charge is 0.271 e. The van der Waals surface area contributed by atoms with Crippen LogP contribution >= 0.6 is 15.9 Å². The predicted octanol–water partition coefficient (Wildman–Crippen LogP) is 4.20. The lowest BCUT2D eigenvalue weighted by Crippen LogP contribution is -2.17. The van der Waals surface area contributed by atoms with Crippen molar-refractivity contribution >= 4 is 28.1 Å². The maximum absolute atomic E-state index is 12.0.